The Morgan fingerprint density at radius 2 is 1.86 bits per heavy atom. The highest BCUT2D eigenvalue weighted by Crippen LogP contribution is 2.32. The van der Waals surface area contributed by atoms with E-state index in [1.807, 2.05) is 30.3 Å². The number of carbonyl (C=O) groups excluding carboxylic acids is 1. The van der Waals surface area contributed by atoms with Crippen LogP contribution in [-0.4, -0.2) is 11.4 Å². The maximum absolute atomic E-state index is 10.8. The summed E-state index contributed by atoms with van der Waals surface area (Å²) in [6.45, 7) is 0. The summed E-state index contributed by atoms with van der Waals surface area (Å²) in [5.41, 5.74) is 2.44. The third-order valence-corrected chi connectivity index (χ3v) is 3.46. The molecular weight excluding hydrogens is 262 g/mol. The smallest absolute Gasteiger partial charge is 0.153 e. The van der Waals surface area contributed by atoms with E-state index in [0.717, 1.165) is 21.9 Å². The number of aldehydes is 1. The van der Waals surface area contributed by atoms with E-state index in [2.05, 4.69) is 6.07 Å². The lowest BCUT2D eigenvalue weighted by molar-refractivity contribution is 0.112. The first-order valence-corrected chi connectivity index (χ1v) is 6.44. The molecule has 3 rings (SSSR count). The van der Waals surface area contributed by atoms with E-state index < -0.39 is 0 Å². The number of aromatic hydroxyl groups is 1. The molecule has 0 radical (unpaired) electrons. The normalized spacial score (nSPS) is 10.2. The molecule has 0 aliphatic rings. The van der Waals surface area contributed by atoms with Crippen molar-refractivity contribution in [1.82, 2.24) is 0 Å². The van der Waals surface area contributed by atoms with Crippen LogP contribution >= 0.6 is 0 Å². The number of hydrogen-bond acceptors (Lipinski definition) is 3. The Hall–Kier alpha value is -3.12. The van der Waals surface area contributed by atoms with Crippen LogP contribution in [0.3, 0.4) is 0 Å². The third kappa shape index (κ3) is 2.24. The maximum atomic E-state index is 10.8. The molecule has 0 atom stereocenters. The molecule has 3 aromatic rings. The van der Waals surface area contributed by atoms with Gasteiger partial charge in [-0.3, -0.25) is 4.79 Å². The van der Waals surface area contributed by atoms with Crippen LogP contribution in [0.2, 0.25) is 0 Å². The number of nitriles is 1. The van der Waals surface area contributed by atoms with Crippen molar-refractivity contribution in [3.8, 4) is 22.9 Å². The first-order chi connectivity index (χ1) is 10.2. The first-order valence-electron chi connectivity index (χ1n) is 6.44. The summed E-state index contributed by atoms with van der Waals surface area (Å²) in [6, 6.07) is 18.4. The van der Waals surface area contributed by atoms with Gasteiger partial charge in [-0.25, -0.2) is 0 Å². The van der Waals surface area contributed by atoms with E-state index in [1.165, 1.54) is 0 Å². The minimum absolute atomic E-state index is 0.0612. The summed E-state index contributed by atoms with van der Waals surface area (Å²) < 4.78 is 0. The molecule has 1 N–H and O–H groups in total. The number of benzene rings is 3. The van der Waals surface area contributed by atoms with E-state index in [-0.39, 0.29) is 11.3 Å². The van der Waals surface area contributed by atoms with Gasteiger partial charge in [-0.05, 0) is 46.2 Å². The number of carbonyl (C=O) groups is 1. The lowest BCUT2D eigenvalue weighted by atomic mass is 9.95. The van der Waals surface area contributed by atoms with Gasteiger partial charge in [0.05, 0.1) is 17.2 Å². The Labute approximate surface area is 121 Å². The van der Waals surface area contributed by atoms with E-state index >= 15 is 0 Å². The van der Waals surface area contributed by atoms with Crippen molar-refractivity contribution in [2.24, 2.45) is 0 Å². The Balaban J connectivity index is 2.31. The third-order valence-electron chi connectivity index (χ3n) is 3.46. The van der Waals surface area contributed by atoms with Crippen molar-refractivity contribution in [2.75, 3.05) is 0 Å². The monoisotopic (exact) mass is 273 g/mol. The van der Waals surface area contributed by atoms with Gasteiger partial charge in [0.1, 0.15) is 5.75 Å². The number of phenols is 1. The fourth-order valence-electron chi connectivity index (χ4n) is 2.42. The molecule has 0 spiro atoms. The topological polar surface area (TPSA) is 61.1 Å². The zero-order valence-electron chi connectivity index (χ0n) is 11.1. The molecule has 0 aromatic heterocycles. The molecule has 0 saturated heterocycles. The molecule has 21 heavy (non-hydrogen) atoms. The molecular formula is C18H11NO2. The summed E-state index contributed by atoms with van der Waals surface area (Å²) in [4.78, 5) is 10.8. The second-order valence-corrected chi connectivity index (χ2v) is 4.75. The molecule has 0 unspecified atom stereocenters. The van der Waals surface area contributed by atoms with Gasteiger partial charge in [0.25, 0.3) is 0 Å². The Morgan fingerprint density at radius 1 is 1.05 bits per heavy atom. The van der Waals surface area contributed by atoms with Gasteiger partial charge in [0, 0.05) is 0 Å². The molecule has 0 saturated carbocycles. The van der Waals surface area contributed by atoms with E-state index in [9.17, 15) is 9.90 Å². The van der Waals surface area contributed by atoms with Gasteiger partial charge >= 0.3 is 0 Å². The van der Waals surface area contributed by atoms with Crippen molar-refractivity contribution in [1.29, 1.82) is 5.26 Å². The number of fused-ring (bicyclic) bond motifs is 1. The lowest BCUT2D eigenvalue weighted by Crippen LogP contribution is -1.87. The average molecular weight is 273 g/mol. The van der Waals surface area contributed by atoms with Crippen molar-refractivity contribution in [3.63, 3.8) is 0 Å². The zero-order chi connectivity index (χ0) is 14.8. The quantitative estimate of drug-likeness (QED) is 0.720. The van der Waals surface area contributed by atoms with Crippen LogP contribution in [0.15, 0.2) is 54.6 Å². The molecule has 0 aliphatic carbocycles. The predicted molar refractivity (Wildman–Crippen MR) is 81.2 cm³/mol. The highest BCUT2D eigenvalue weighted by molar-refractivity contribution is 5.98. The number of nitrogens with zero attached hydrogens (tertiary/aromatic N) is 1. The fourth-order valence-corrected chi connectivity index (χ4v) is 2.42. The summed E-state index contributed by atoms with van der Waals surface area (Å²) >= 11 is 0. The fraction of sp³-hybridized carbons (Fsp3) is 0. The summed E-state index contributed by atoms with van der Waals surface area (Å²) in [6.07, 6.45) is 0.614. The SMILES string of the molecule is N#Cc1cc(-c2ccc(C=O)c(O)c2)c2ccccc2c1. The average Bonchev–Trinajstić information content (AvgIpc) is 2.53. The Kier molecular flexibility index (Phi) is 3.13. The predicted octanol–water partition coefficient (Wildman–Crippen LogP) is 3.90. The Morgan fingerprint density at radius 3 is 2.57 bits per heavy atom. The Bertz CT molecular complexity index is 891. The van der Waals surface area contributed by atoms with Crippen LogP contribution in [-0.2, 0) is 0 Å². The molecule has 0 amide bonds. The molecule has 3 nitrogen and oxygen atoms in total. The maximum Gasteiger partial charge on any atom is 0.153 e. The minimum Gasteiger partial charge on any atom is -0.507 e. The van der Waals surface area contributed by atoms with Crippen LogP contribution < -0.4 is 0 Å². The molecule has 0 heterocycles. The van der Waals surface area contributed by atoms with Gasteiger partial charge in [-0.1, -0.05) is 30.3 Å². The summed E-state index contributed by atoms with van der Waals surface area (Å²) in [5.74, 6) is -0.0612. The number of phenolic OH excluding ortho intramolecular Hbond substituents is 1. The van der Waals surface area contributed by atoms with Crippen molar-refractivity contribution in [3.05, 3.63) is 65.7 Å². The van der Waals surface area contributed by atoms with E-state index in [4.69, 9.17) is 5.26 Å². The first kappa shape index (κ1) is 12.9. The number of rotatable bonds is 2. The zero-order valence-corrected chi connectivity index (χ0v) is 11.1. The van der Waals surface area contributed by atoms with Crippen LogP contribution in [0.1, 0.15) is 15.9 Å². The second-order valence-electron chi connectivity index (χ2n) is 4.75. The van der Waals surface area contributed by atoms with Crippen LogP contribution in [0.25, 0.3) is 21.9 Å². The largest absolute Gasteiger partial charge is 0.507 e. The molecule has 0 fully saturated rings. The van der Waals surface area contributed by atoms with E-state index in [0.29, 0.717) is 11.8 Å². The van der Waals surface area contributed by atoms with Gasteiger partial charge in [0.2, 0.25) is 0 Å². The van der Waals surface area contributed by atoms with Gasteiger partial charge < -0.3 is 5.11 Å². The second kappa shape index (κ2) is 5.10. The molecule has 0 bridgehead atoms. The molecule has 3 heteroatoms. The van der Waals surface area contributed by atoms with Crippen molar-refractivity contribution >= 4 is 17.1 Å². The highest BCUT2D eigenvalue weighted by atomic mass is 16.3. The molecule has 100 valence electrons. The lowest BCUT2D eigenvalue weighted by Gasteiger charge is -2.09. The van der Waals surface area contributed by atoms with Crippen LogP contribution in [0.5, 0.6) is 5.75 Å². The highest BCUT2D eigenvalue weighted by Gasteiger charge is 2.09. The number of hydrogen-bond donors (Lipinski definition) is 1. The van der Waals surface area contributed by atoms with Gasteiger partial charge in [-0.2, -0.15) is 5.26 Å². The summed E-state index contributed by atoms with van der Waals surface area (Å²) in [5, 5.41) is 21.0. The van der Waals surface area contributed by atoms with Crippen LogP contribution in [0.4, 0.5) is 0 Å². The van der Waals surface area contributed by atoms with Gasteiger partial charge in [-0.15, -0.1) is 0 Å². The van der Waals surface area contributed by atoms with Crippen molar-refractivity contribution in [2.45, 2.75) is 0 Å². The van der Waals surface area contributed by atoms with Crippen LogP contribution in [0, 0.1) is 11.3 Å². The van der Waals surface area contributed by atoms with Crippen molar-refractivity contribution < 1.29 is 9.90 Å². The standard InChI is InChI=1S/C18H11NO2/c19-10-12-7-13-3-1-2-4-16(13)17(8-12)14-5-6-15(11-20)18(21)9-14/h1-9,11,21H. The van der Waals surface area contributed by atoms with Gasteiger partial charge in [0.15, 0.2) is 6.29 Å². The van der Waals surface area contributed by atoms with E-state index in [1.54, 1.807) is 24.3 Å². The molecule has 0 aliphatic heterocycles. The summed E-state index contributed by atoms with van der Waals surface area (Å²) in [7, 11) is 0. The minimum atomic E-state index is -0.0612. The molecule has 3 aromatic carbocycles.